The predicted octanol–water partition coefficient (Wildman–Crippen LogP) is 4.15. The molecule has 1 aromatic heterocycles. The third-order valence-electron chi connectivity index (χ3n) is 5.16. The van der Waals surface area contributed by atoms with Gasteiger partial charge in [0.05, 0.1) is 11.4 Å². The van der Waals surface area contributed by atoms with Gasteiger partial charge in [0.2, 0.25) is 5.91 Å². The first-order valence-corrected chi connectivity index (χ1v) is 10.9. The molecule has 0 aliphatic carbocycles. The second kappa shape index (κ2) is 9.31. The Kier molecular flexibility index (Phi) is 6.34. The van der Waals surface area contributed by atoms with Gasteiger partial charge in [-0.2, -0.15) is 0 Å². The Hall–Kier alpha value is -2.54. The first-order valence-electron chi connectivity index (χ1n) is 9.98. The molecule has 0 saturated carbocycles. The molecule has 1 fully saturated rings. The van der Waals surface area contributed by atoms with E-state index in [0.29, 0.717) is 0 Å². The summed E-state index contributed by atoms with van der Waals surface area (Å²) in [5, 5.41) is 2.81. The van der Waals surface area contributed by atoms with Crippen molar-refractivity contribution in [1.29, 1.82) is 0 Å². The van der Waals surface area contributed by atoms with Crippen LogP contribution in [0.5, 0.6) is 0 Å². The number of hydrogen-bond acceptors (Lipinski definition) is 5. The van der Waals surface area contributed by atoms with Gasteiger partial charge in [0.25, 0.3) is 0 Å². The number of piperazine rings is 1. The van der Waals surface area contributed by atoms with Gasteiger partial charge in [-0.1, -0.05) is 48.5 Å². The monoisotopic (exact) mass is 406 g/mol. The Morgan fingerprint density at radius 1 is 0.931 bits per heavy atom. The highest BCUT2D eigenvalue weighted by atomic mass is 32.1. The van der Waals surface area contributed by atoms with E-state index in [1.165, 1.54) is 16.9 Å². The van der Waals surface area contributed by atoms with E-state index < -0.39 is 0 Å². The lowest BCUT2D eigenvalue weighted by Gasteiger charge is -2.34. The van der Waals surface area contributed by atoms with Crippen LogP contribution in [0.25, 0.3) is 0 Å². The molecule has 3 aromatic rings. The summed E-state index contributed by atoms with van der Waals surface area (Å²) >= 11 is 1.53. The van der Waals surface area contributed by atoms with Gasteiger partial charge in [-0.05, 0) is 17.7 Å². The summed E-state index contributed by atoms with van der Waals surface area (Å²) in [6.45, 7) is 7.63. The van der Waals surface area contributed by atoms with Crippen molar-refractivity contribution in [3.8, 4) is 0 Å². The largest absolute Gasteiger partial charge is 0.297 e. The lowest BCUT2D eigenvalue weighted by atomic mass is 10.2. The molecule has 0 N–H and O–H groups in total. The van der Waals surface area contributed by atoms with Gasteiger partial charge < -0.3 is 0 Å². The van der Waals surface area contributed by atoms with Crippen molar-refractivity contribution in [3.05, 3.63) is 77.3 Å². The molecule has 0 radical (unpaired) electrons. The lowest BCUT2D eigenvalue weighted by molar-refractivity contribution is -0.115. The molecule has 2 heterocycles. The van der Waals surface area contributed by atoms with Crippen molar-refractivity contribution in [2.24, 2.45) is 0 Å². The van der Waals surface area contributed by atoms with Crippen LogP contribution in [0, 0.1) is 0 Å². The lowest BCUT2D eigenvalue weighted by Crippen LogP contribution is -2.45. The average Bonchev–Trinajstić information content (AvgIpc) is 3.19. The van der Waals surface area contributed by atoms with Crippen molar-refractivity contribution in [2.45, 2.75) is 20.0 Å². The van der Waals surface area contributed by atoms with Gasteiger partial charge in [0.1, 0.15) is 0 Å². The molecular weight excluding hydrogens is 380 g/mol. The number of hydrogen-bond donors (Lipinski definition) is 0. The van der Waals surface area contributed by atoms with E-state index in [-0.39, 0.29) is 5.91 Å². The fourth-order valence-electron chi connectivity index (χ4n) is 3.65. The van der Waals surface area contributed by atoms with Gasteiger partial charge in [0.15, 0.2) is 5.13 Å². The molecule has 0 spiro atoms. The summed E-state index contributed by atoms with van der Waals surface area (Å²) in [7, 11) is 0. The summed E-state index contributed by atoms with van der Waals surface area (Å²) < 4.78 is 0. The number of thiazole rings is 1. The van der Waals surface area contributed by atoms with Crippen LogP contribution in [0.15, 0.2) is 66.0 Å². The third kappa shape index (κ3) is 5.09. The summed E-state index contributed by atoms with van der Waals surface area (Å²) in [5.41, 5.74) is 3.26. The Morgan fingerprint density at radius 3 is 2.14 bits per heavy atom. The molecule has 0 atom stereocenters. The Labute approximate surface area is 176 Å². The second-order valence-corrected chi connectivity index (χ2v) is 8.19. The minimum atomic E-state index is -0.0216. The molecule has 0 unspecified atom stereocenters. The highest BCUT2D eigenvalue weighted by Gasteiger charge is 2.20. The zero-order chi connectivity index (χ0) is 20.1. The number of para-hydroxylation sites is 1. The van der Waals surface area contributed by atoms with Crippen molar-refractivity contribution >= 4 is 28.1 Å². The molecule has 1 saturated heterocycles. The minimum absolute atomic E-state index is 0.0216. The van der Waals surface area contributed by atoms with E-state index in [4.69, 9.17) is 4.98 Å². The quantitative estimate of drug-likeness (QED) is 0.617. The van der Waals surface area contributed by atoms with Gasteiger partial charge in [-0.25, -0.2) is 4.98 Å². The maximum absolute atomic E-state index is 12.2. The Morgan fingerprint density at radius 2 is 1.52 bits per heavy atom. The summed E-state index contributed by atoms with van der Waals surface area (Å²) in [6, 6.07) is 20.4. The summed E-state index contributed by atoms with van der Waals surface area (Å²) in [5.74, 6) is -0.0216. The highest BCUT2D eigenvalue weighted by Crippen LogP contribution is 2.29. The SMILES string of the molecule is CC(=O)N(c1ccccc1)c1nc(CN2CCN(Cc3ccccc3)CC2)cs1. The molecule has 1 aliphatic rings. The molecule has 0 bridgehead atoms. The van der Waals surface area contributed by atoms with E-state index in [2.05, 4.69) is 45.5 Å². The van der Waals surface area contributed by atoms with Crippen LogP contribution in [0.1, 0.15) is 18.2 Å². The molecule has 150 valence electrons. The highest BCUT2D eigenvalue weighted by molar-refractivity contribution is 7.14. The molecule has 2 aromatic carbocycles. The van der Waals surface area contributed by atoms with Gasteiger partial charge in [-0.15, -0.1) is 11.3 Å². The maximum Gasteiger partial charge on any atom is 0.230 e. The number of rotatable bonds is 6. The zero-order valence-corrected chi connectivity index (χ0v) is 17.5. The number of carbonyl (C=O) groups is 1. The maximum atomic E-state index is 12.2. The molecule has 4 rings (SSSR count). The average molecular weight is 407 g/mol. The van der Waals surface area contributed by atoms with Crippen LogP contribution in [-0.2, 0) is 17.9 Å². The van der Waals surface area contributed by atoms with Crippen molar-refractivity contribution in [1.82, 2.24) is 14.8 Å². The van der Waals surface area contributed by atoms with Crippen LogP contribution in [0.3, 0.4) is 0 Å². The number of benzene rings is 2. The van der Waals surface area contributed by atoms with Gasteiger partial charge in [0, 0.05) is 51.6 Å². The standard InChI is InChI=1S/C23H26N4OS/c1-19(28)27(22-10-6-3-7-11-22)23-24-21(18-29-23)17-26-14-12-25(13-15-26)16-20-8-4-2-5-9-20/h2-11,18H,12-17H2,1H3. The molecule has 29 heavy (non-hydrogen) atoms. The smallest absolute Gasteiger partial charge is 0.230 e. The van der Waals surface area contributed by atoms with E-state index in [9.17, 15) is 4.79 Å². The summed E-state index contributed by atoms with van der Waals surface area (Å²) in [4.78, 5) is 23.6. The number of carbonyl (C=O) groups excluding carboxylic acids is 1. The van der Waals surface area contributed by atoms with E-state index in [1.54, 1.807) is 11.8 Å². The van der Waals surface area contributed by atoms with Crippen LogP contribution in [0.2, 0.25) is 0 Å². The summed E-state index contributed by atoms with van der Waals surface area (Å²) in [6.07, 6.45) is 0. The zero-order valence-electron chi connectivity index (χ0n) is 16.7. The first-order chi connectivity index (χ1) is 14.2. The molecule has 1 amide bonds. The van der Waals surface area contributed by atoms with E-state index in [1.807, 2.05) is 30.3 Å². The van der Waals surface area contributed by atoms with E-state index in [0.717, 1.165) is 55.8 Å². The van der Waals surface area contributed by atoms with Crippen molar-refractivity contribution in [3.63, 3.8) is 0 Å². The molecule has 1 aliphatic heterocycles. The predicted molar refractivity (Wildman–Crippen MR) is 118 cm³/mol. The third-order valence-corrected chi connectivity index (χ3v) is 6.03. The van der Waals surface area contributed by atoms with Crippen LogP contribution in [-0.4, -0.2) is 46.9 Å². The Balaban J connectivity index is 1.34. The second-order valence-electron chi connectivity index (χ2n) is 7.35. The normalized spacial score (nSPS) is 15.3. The first kappa shape index (κ1) is 19.8. The van der Waals surface area contributed by atoms with Crippen LogP contribution >= 0.6 is 11.3 Å². The molecular formula is C23H26N4OS. The molecule has 6 heteroatoms. The number of amides is 1. The Bertz CT molecular complexity index is 920. The van der Waals surface area contributed by atoms with Crippen molar-refractivity contribution < 1.29 is 4.79 Å². The van der Waals surface area contributed by atoms with Gasteiger partial charge >= 0.3 is 0 Å². The number of nitrogens with zero attached hydrogens (tertiary/aromatic N) is 4. The number of aromatic nitrogens is 1. The number of anilines is 2. The fraction of sp³-hybridized carbons (Fsp3) is 0.304. The van der Waals surface area contributed by atoms with Crippen LogP contribution in [0.4, 0.5) is 10.8 Å². The van der Waals surface area contributed by atoms with Crippen molar-refractivity contribution in [2.75, 3.05) is 31.1 Å². The van der Waals surface area contributed by atoms with Crippen LogP contribution < -0.4 is 4.90 Å². The fourth-order valence-corrected chi connectivity index (χ4v) is 4.53. The topological polar surface area (TPSA) is 39.7 Å². The van der Waals surface area contributed by atoms with Gasteiger partial charge in [-0.3, -0.25) is 19.5 Å². The molecule has 5 nitrogen and oxygen atoms in total. The van der Waals surface area contributed by atoms with E-state index >= 15 is 0 Å². The minimum Gasteiger partial charge on any atom is -0.297 e.